The summed E-state index contributed by atoms with van der Waals surface area (Å²) in [4.78, 5) is 10.3. The van der Waals surface area contributed by atoms with E-state index in [0.717, 1.165) is 72.1 Å². The molecule has 0 N–H and O–H groups in total. The lowest BCUT2D eigenvalue weighted by molar-refractivity contribution is 0.631. The number of benzene rings is 2. The van der Waals surface area contributed by atoms with Gasteiger partial charge in [-0.3, -0.25) is 4.99 Å². The maximum atomic E-state index is 5.57. The summed E-state index contributed by atoms with van der Waals surface area (Å²) in [5.74, 6) is 0.275. The molecule has 5 aliphatic rings. The minimum atomic E-state index is 0.135. The Labute approximate surface area is 263 Å². The molecule has 4 heteroatoms. The third-order valence-corrected chi connectivity index (χ3v) is 9.83. The molecular formula is C41H34N4. The first-order chi connectivity index (χ1) is 22.3. The second-order valence-electron chi connectivity index (χ2n) is 12.5. The fourth-order valence-corrected chi connectivity index (χ4v) is 7.74. The lowest BCUT2D eigenvalue weighted by atomic mass is 9.73. The highest BCUT2D eigenvalue weighted by atomic mass is 15.3. The molecule has 4 nitrogen and oxygen atoms in total. The van der Waals surface area contributed by atoms with Gasteiger partial charge in [-0.2, -0.15) is 5.10 Å². The van der Waals surface area contributed by atoms with E-state index in [-0.39, 0.29) is 11.8 Å². The van der Waals surface area contributed by atoms with Crippen molar-refractivity contribution in [1.29, 1.82) is 0 Å². The molecule has 9 rings (SSSR count). The van der Waals surface area contributed by atoms with Crippen LogP contribution in [0, 0.1) is 5.92 Å². The zero-order valence-corrected chi connectivity index (χ0v) is 25.2. The summed E-state index contributed by atoms with van der Waals surface area (Å²) in [5.41, 5.74) is 14.2. The molecule has 218 valence electrons. The number of fused-ring (bicyclic) bond motifs is 6. The van der Waals surface area contributed by atoms with Gasteiger partial charge in [0, 0.05) is 40.1 Å². The van der Waals surface area contributed by atoms with Gasteiger partial charge < -0.3 is 0 Å². The van der Waals surface area contributed by atoms with Gasteiger partial charge in [-0.25, -0.2) is 9.67 Å². The third kappa shape index (κ3) is 4.31. The van der Waals surface area contributed by atoms with Crippen molar-refractivity contribution in [2.75, 3.05) is 0 Å². The number of rotatable bonds is 4. The maximum absolute atomic E-state index is 5.57. The molecule has 0 fully saturated rings. The monoisotopic (exact) mass is 582 g/mol. The Morgan fingerprint density at radius 2 is 1.49 bits per heavy atom. The molecular weight excluding hydrogens is 548 g/mol. The number of aryl methyl sites for hydroxylation is 1. The highest BCUT2D eigenvalue weighted by Gasteiger charge is 2.41. The van der Waals surface area contributed by atoms with Gasteiger partial charge >= 0.3 is 0 Å². The van der Waals surface area contributed by atoms with Crippen LogP contribution in [0.2, 0.25) is 0 Å². The van der Waals surface area contributed by atoms with Crippen LogP contribution in [-0.4, -0.2) is 21.0 Å². The van der Waals surface area contributed by atoms with Crippen LogP contribution in [-0.2, 0) is 6.42 Å². The van der Waals surface area contributed by atoms with E-state index in [1.807, 2.05) is 6.21 Å². The maximum Gasteiger partial charge on any atom is 0.101 e. The van der Waals surface area contributed by atoms with Gasteiger partial charge in [0.05, 0.1) is 28.3 Å². The molecule has 2 unspecified atom stereocenters. The summed E-state index contributed by atoms with van der Waals surface area (Å²) in [5, 5.41) is 6.71. The highest BCUT2D eigenvalue weighted by Crippen LogP contribution is 2.53. The average molecular weight is 583 g/mol. The van der Waals surface area contributed by atoms with E-state index in [1.165, 1.54) is 39.2 Å². The lowest BCUT2D eigenvalue weighted by Crippen LogP contribution is -2.26. The minimum absolute atomic E-state index is 0.135. The van der Waals surface area contributed by atoms with Crippen LogP contribution in [0.4, 0.5) is 5.69 Å². The number of hydrogen-bond acceptors (Lipinski definition) is 3. The van der Waals surface area contributed by atoms with Crippen LogP contribution in [0.5, 0.6) is 0 Å². The fraction of sp³-hybridized carbons (Fsp3) is 0.195. The molecule has 4 aromatic rings. The van der Waals surface area contributed by atoms with Crippen molar-refractivity contribution in [3.05, 3.63) is 143 Å². The Bertz CT molecular complexity index is 2110. The number of hydrogen-bond donors (Lipinski definition) is 0. The first-order valence-electron chi connectivity index (χ1n) is 16.3. The lowest BCUT2D eigenvalue weighted by Gasteiger charge is -2.36. The van der Waals surface area contributed by atoms with E-state index in [9.17, 15) is 0 Å². The Morgan fingerprint density at radius 1 is 0.711 bits per heavy atom. The van der Waals surface area contributed by atoms with Crippen LogP contribution in [0.25, 0.3) is 39.0 Å². The first kappa shape index (κ1) is 26.3. The van der Waals surface area contributed by atoms with Gasteiger partial charge in [0.2, 0.25) is 0 Å². The summed E-state index contributed by atoms with van der Waals surface area (Å²) in [6, 6.07) is 19.6. The fourth-order valence-electron chi connectivity index (χ4n) is 7.74. The van der Waals surface area contributed by atoms with E-state index in [2.05, 4.69) is 120 Å². The largest absolute Gasteiger partial charge is 0.259 e. The molecule has 2 aliphatic heterocycles. The smallest absolute Gasteiger partial charge is 0.101 e. The van der Waals surface area contributed by atoms with Crippen molar-refractivity contribution in [1.82, 2.24) is 14.8 Å². The van der Waals surface area contributed by atoms with Crippen LogP contribution < -0.4 is 0 Å². The number of aromatic nitrogens is 3. The van der Waals surface area contributed by atoms with Crippen molar-refractivity contribution in [3.63, 3.8) is 0 Å². The van der Waals surface area contributed by atoms with E-state index >= 15 is 0 Å². The van der Waals surface area contributed by atoms with E-state index in [4.69, 9.17) is 15.1 Å². The molecule has 0 bridgehead atoms. The molecule has 2 aromatic heterocycles. The Morgan fingerprint density at radius 3 is 2.29 bits per heavy atom. The first-order valence-corrected chi connectivity index (χ1v) is 16.3. The molecule has 2 atom stereocenters. The van der Waals surface area contributed by atoms with Gasteiger partial charge in [0.25, 0.3) is 0 Å². The zero-order chi connectivity index (χ0) is 29.7. The molecule has 0 amide bonds. The number of allylic oxidation sites excluding steroid dienone is 14. The van der Waals surface area contributed by atoms with Crippen molar-refractivity contribution in [3.8, 4) is 11.3 Å². The summed E-state index contributed by atoms with van der Waals surface area (Å²) in [6.07, 6.45) is 30.9. The Hall–Kier alpha value is -5.09. The molecule has 2 aromatic carbocycles. The van der Waals surface area contributed by atoms with Gasteiger partial charge in [-0.15, -0.1) is 0 Å². The summed E-state index contributed by atoms with van der Waals surface area (Å²) in [7, 11) is 0. The topological polar surface area (TPSA) is 43.1 Å². The average Bonchev–Trinajstić information content (AvgIpc) is 3.53. The predicted molar refractivity (Wildman–Crippen MR) is 186 cm³/mol. The van der Waals surface area contributed by atoms with Crippen LogP contribution in [0.1, 0.15) is 60.5 Å². The molecule has 0 spiro atoms. The van der Waals surface area contributed by atoms with Crippen LogP contribution >= 0.6 is 0 Å². The summed E-state index contributed by atoms with van der Waals surface area (Å²) < 4.78 is 2.31. The van der Waals surface area contributed by atoms with Gasteiger partial charge in [0.15, 0.2) is 0 Å². The number of aliphatic imine (C=N–C) groups is 1. The third-order valence-electron chi connectivity index (χ3n) is 9.83. The van der Waals surface area contributed by atoms with E-state index in [1.54, 1.807) is 0 Å². The minimum Gasteiger partial charge on any atom is -0.259 e. The second kappa shape index (κ2) is 10.8. The van der Waals surface area contributed by atoms with Crippen LogP contribution in [0.3, 0.4) is 0 Å². The zero-order valence-electron chi connectivity index (χ0n) is 25.2. The quantitative estimate of drug-likeness (QED) is 0.240. The van der Waals surface area contributed by atoms with Crippen molar-refractivity contribution in [2.45, 2.75) is 44.4 Å². The van der Waals surface area contributed by atoms with Crippen molar-refractivity contribution < 1.29 is 0 Å². The standard InChI is InChI=1S/C41H34N4/c1-4-13-27(14-5-1)35-37(28-15-6-2-7-16-28)44-45-40(31-17-8-3-9-18-31)36(32-20-10-11-21-33(32)41(35)45)34-25-24-30-23-22-29-19-12-26-42-38(29)39(30)43-34/h1-4,6-8,10-11,13,15-17,20-26,32-33H,5,9,12,14,18-19H2. The highest BCUT2D eigenvalue weighted by molar-refractivity contribution is 5.99. The van der Waals surface area contributed by atoms with E-state index in [0.29, 0.717) is 0 Å². The van der Waals surface area contributed by atoms with Crippen molar-refractivity contribution in [2.24, 2.45) is 10.9 Å². The van der Waals surface area contributed by atoms with E-state index < -0.39 is 0 Å². The number of pyridine rings is 1. The molecule has 0 radical (unpaired) electrons. The normalized spacial score (nSPS) is 21.4. The summed E-state index contributed by atoms with van der Waals surface area (Å²) in [6.45, 7) is 0. The second-order valence-corrected chi connectivity index (χ2v) is 12.5. The SMILES string of the molecule is C1=CCCC(C2=C(c3ccc4ccc5c(c4n3)N=CCC5)C3C=CC=CC3c3c(C4=CC=CCC4)c(-c4ccccc4)nn32)=C1. The molecule has 0 saturated heterocycles. The number of nitrogens with zero attached hydrogens (tertiary/aromatic N) is 4. The predicted octanol–water partition coefficient (Wildman–Crippen LogP) is 9.96. The molecule has 45 heavy (non-hydrogen) atoms. The van der Waals surface area contributed by atoms with Gasteiger partial charge in [0.1, 0.15) is 5.69 Å². The molecule has 0 saturated carbocycles. The Balaban J connectivity index is 1.38. The van der Waals surface area contributed by atoms with Gasteiger partial charge in [-0.05, 0) is 61.3 Å². The summed E-state index contributed by atoms with van der Waals surface area (Å²) >= 11 is 0. The van der Waals surface area contributed by atoms with Crippen LogP contribution in [0.15, 0.2) is 126 Å². The van der Waals surface area contributed by atoms with Crippen molar-refractivity contribution >= 4 is 39.6 Å². The molecule has 3 aliphatic carbocycles. The Kier molecular flexibility index (Phi) is 6.33. The molecule has 4 heterocycles. The van der Waals surface area contributed by atoms with Gasteiger partial charge in [-0.1, -0.05) is 109 Å².